The van der Waals surface area contributed by atoms with Crippen LogP contribution in [0.1, 0.15) is 0 Å². The zero-order chi connectivity index (χ0) is 36.3. The minimum atomic E-state index is 0.593. The monoisotopic (exact) mass is 701 g/mol. The second kappa shape index (κ2) is 12.6. The van der Waals surface area contributed by atoms with Gasteiger partial charge >= 0.3 is 0 Å². The summed E-state index contributed by atoms with van der Waals surface area (Å²) < 4.78 is 6.50. The average molecular weight is 702 g/mol. The summed E-state index contributed by atoms with van der Waals surface area (Å²) in [5.41, 5.74) is 8.97. The van der Waals surface area contributed by atoms with Gasteiger partial charge in [-0.3, -0.25) is 0 Å². The number of hydrogen-bond acceptors (Lipinski definition) is 4. The number of rotatable bonds is 5. The third-order valence-corrected chi connectivity index (χ3v) is 10.7. The molecule has 55 heavy (non-hydrogen) atoms. The van der Waals surface area contributed by atoms with Crippen LogP contribution in [-0.2, 0) is 0 Å². The molecule has 0 unspecified atom stereocenters. The molecule has 2 heterocycles. The number of furan rings is 1. The molecule has 9 aromatic carbocycles. The van der Waals surface area contributed by atoms with Gasteiger partial charge in [-0.1, -0.05) is 158 Å². The Morgan fingerprint density at radius 3 is 1.27 bits per heavy atom. The zero-order valence-corrected chi connectivity index (χ0v) is 29.6. The lowest BCUT2D eigenvalue weighted by molar-refractivity contribution is 0.669. The van der Waals surface area contributed by atoms with E-state index in [0.29, 0.717) is 17.5 Å². The fourth-order valence-electron chi connectivity index (χ4n) is 7.98. The second-order valence-corrected chi connectivity index (χ2v) is 14.0. The lowest BCUT2D eigenvalue weighted by atomic mass is 9.92. The Morgan fingerprint density at radius 1 is 0.236 bits per heavy atom. The number of fused-ring (bicyclic) bond motifs is 9. The van der Waals surface area contributed by atoms with Gasteiger partial charge in [0.05, 0.1) is 0 Å². The van der Waals surface area contributed by atoms with E-state index in [2.05, 4.69) is 152 Å². The van der Waals surface area contributed by atoms with Crippen molar-refractivity contribution in [2.75, 3.05) is 0 Å². The van der Waals surface area contributed by atoms with E-state index in [1.165, 1.54) is 43.4 Å². The highest BCUT2D eigenvalue weighted by Crippen LogP contribution is 2.39. The van der Waals surface area contributed by atoms with Crippen LogP contribution in [0.25, 0.3) is 111 Å². The fourth-order valence-corrected chi connectivity index (χ4v) is 7.98. The summed E-state index contributed by atoms with van der Waals surface area (Å²) >= 11 is 0. The molecule has 0 aliphatic carbocycles. The number of aromatic nitrogens is 3. The molecule has 0 radical (unpaired) electrons. The van der Waals surface area contributed by atoms with Gasteiger partial charge in [-0.25, -0.2) is 15.0 Å². The second-order valence-electron chi connectivity index (χ2n) is 14.0. The highest BCUT2D eigenvalue weighted by atomic mass is 16.3. The van der Waals surface area contributed by atoms with Crippen LogP contribution in [-0.4, -0.2) is 15.0 Å². The molecule has 0 saturated heterocycles. The molecule has 11 aromatic rings. The van der Waals surface area contributed by atoms with E-state index in [4.69, 9.17) is 19.4 Å². The zero-order valence-electron chi connectivity index (χ0n) is 29.6. The molecule has 0 bridgehead atoms. The Hall–Kier alpha value is -7.43. The van der Waals surface area contributed by atoms with Crippen molar-refractivity contribution in [1.82, 2.24) is 15.0 Å². The highest BCUT2D eigenvalue weighted by molar-refractivity contribution is 6.25. The minimum Gasteiger partial charge on any atom is -0.456 e. The Balaban J connectivity index is 1.00. The maximum atomic E-state index is 6.50. The van der Waals surface area contributed by atoms with E-state index in [1.54, 1.807) is 0 Å². The van der Waals surface area contributed by atoms with Gasteiger partial charge in [0.1, 0.15) is 11.2 Å². The molecule has 0 atom stereocenters. The molecule has 4 heteroatoms. The first-order chi connectivity index (χ1) is 27.2. The molecule has 4 nitrogen and oxygen atoms in total. The van der Waals surface area contributed by atoms with Crippen molar-refractivity contribution in [3.05, 3.63) is 188 Å². The van der Waals surface area contributed by atoms with Crippen LogP contribution >= 0.6 is 0 Å². The summed E-state index contributed by atoms with van der Waals surface area (Å²) in [7, 11) is 0. The van der Waals surface area contributed by atoms with E-state index in [0.717, 1.165) is 49.8 Å². The van der Waals surface area contributed by atoms with Crippen molar-refractivity contribution in [3.8, 4) is 56.4 Å². The molecule has 0 fully saturated rings. The first kappa shape index (κ1) is 31.1. The van der Waals surface area contributed by atoms with Crippen molar-refractivity contribution in [1.29, 1.82) is 0 Å². The van der Waals surface area contributed by atoms with Gasteiger partial charge in [0, 0.05) is 27.5 Å². The van der Waals surface area contributed by atoms with E-state index >= 15 is 0 Å². The van der Waals surface area contributed by atoms with Crippen LogP contribution in [0.15, 0.2) is 192 Å². The van der Waals surface area contributed by atoms with Crippen LogP contribution < -0.4 is 0 Å². The molecular formula is C51H31N3O. The Kier molecular flexibility index (Phi) is 7.14. The smallest absolute Gasteiger partial charge is 0.164 e. The summed E-state index contributed by atoms with van der Waals surface area (Å²) in [6, 6.07) is 65.9. The van der Waals surface area contributed by atoms with Gasteiger partial charge in [-0.05, 0) is 84.9 Å². The first-order valence-corrected chi connectivity index (χ1v) is 18.5. The van der Waals surface area contributed by atoms with Crippen molar-refractivity contribution < 1.29 is 4.42 Å². The summed E-state index contributed by atoms with van der Waals surface area (Å²) in [4.78, 5) is 14.9. The average Bonchev–Trinajstić information content (AvgIpc) is 3.64. The summed E-state index contributed by atoms with van der Waals surface area (Å²) in [6.07, 6.45) is 0. The summed E-state index contributed by atoms with van der Waals surface area (Å²) in [6.45, 7) is 0. The highest BCUT2D eigenvalue weighted by Gasteiger charge is 2.16. The summed E-state index contributed by atoms with van der Waals surface area (Å²) in [5, 5.41) is 9.74. The van der Waals surface area contributed by atoms with Gasteiger partial charge in [0.2, 0.25) is 0 Å². The Morgan fingerprint density at radius 2 is 0.636 bits per heavy atom. The van der Waals surface area contributed by atoms with Crippen LogP contribution in [0.2, 0.25) is 0 Å². The molecule has 0 saturated carbocycles. The van der Waals surface area contributed by atoms with E-state index in [1.807, 2.05) is 36.4 Å². The SMILES string of the molecule is c1ccc(-c2ccc(-c3nc(-c4ccccc4)nc(-c4ccc5c(c4)oc4ccc(-c6ccc7c8ccccc8c8ccccc8c7c6)cc45)n3)cc2)cc1. The number of benzene rings is 9. The number of hydrogen-bond donors (Lipinski definition) is 0. The third-order valence-electron chi connectivity index (χ3n) is 10.7. The molecule has 0 N–H and O–H groups in total. The normalized spacial score (nSPS) is 11.6. The maximum absolute atomic E-state index is 6.50. The standard InChI is InChI=1S/C51H31N3O/c1-3-11-32(12-4-1)33-19-21-35(22-20-33)50-52-49(34-13-5-2-6-14-34)53-51(54-50)38-24-27-44-46-30-37(25-28-47(46)55-48(44)31-38)36-23-26-43-41-17-8-7-15-39(41)40-16-9-10-18-42(40)45(43)29-36/h1-31H. The molecular weight excluding hydrogens is 671 g/mol. The molecule has 2 aromatic heterocycles. The van der Waals surface area contributed by atoms with E-state index in [-0.39, 0.29) is 0 Å². The lowest BCUT2D eigenvalue weighted by Gasteiger charge is -2.12. The molecule has 0 spiro atoms. The summed E-state index contributed by atoms with van der Waals surface area (Å²) in [5.74, 6) is 1.84. The fraction of sp³-hybridized carbons (Fsp3) is 0. The van der Waals surface area contributed by atoms with Crippen molar-refractivity contribution >= 4 is 54.3 Å². The van der Waals surface area contributed by atoms with Crippen molar-refractivity contribution in [2.45, 2.75) is 0 Å². The van der Waals surface area contributed by atoms with Crippen LogP contribution in [0.5, 0.6) is 0 Å². The quantitative estimate of drug-likeness (QED) is 0.168. The molecule has 0 aliphatic rings. The maximum Gasteiger partial charge on any atom is 0.164 e. The minimum absolute atomic E-state index is 0.593. The first-order valence-electron chi connectivity index (χ1n) is 18.5. The Bertz CT molecular complexity index is 3210. The van der Waals surface area contributed by atoms with Crippen LogP contribution in [0.3, 0.4) is 0 Å². The molecule has 0 amide bonds. The largest absolute Gasteiger partial charge is 0.456 e. The van der Waals surface area contributed by atoms with Gasteiger partial charge in [0.25, 0.3) is 0 Å². The van der Waals surface area contributed by atoms with E-state index < -0.39 is 0 Å². The molecule has 0 aliphatic heterocycles. The van der Waals surface area contributed by atoms with Gasteiger partial charge in [0.15, 0.2) is 17.5 Å². The van der Waals surface area contributed by atoms with Gasteiger partial charge < -0.3 is 4.42 Å². The third kappa shape index (κ3) is 5.34. The Labute approximate surface area is 317 Å². The van der Waals surface area contributed by atoms with Gasteiger partial charge in [-0.15, -0.1) is 0 Å². The topological polar surface area (TPSA) is 51.8 Å². The van der Waals surface area contributed by atoms with Gasteiger partial charge in [-0.2, -0.15) is 0 Å². The number of nitrogens with zero attached hydrogens (tertiary/aromatic N) is 3. The van der Waals surface area contributed by atoms with E-state index in [9.17, 15) is 0 Å². The van der Waals surface area contributed by atoms with Crippen molar-refractivity contribution in [3.63, 3.8) is 0 Å². The lowest BCUT2D eigenvalue weighted by Crippen LogP contribution is -2.00. The predicted octanol–water partition coefficient (Wildman–Crippen LogP) is 13.6. The van der Waals surface area contributed by atoms with Crippen LogP contribution in [0.4, 0.5) is 0 Å². The van der Waals surface area contributed by atoms with Crippen LogP contribution in [0, 0.1) is 0 Å². The molecule has 11 rings (SSSR count). The predicted molar refractivity (Wildman–Crippen MR) is 227 cm³/mol. The van der Waals surface area contributed by atoms with Crippen molar-refractivity contribution in [2.24, 2.45) is 0 Å². The molecule has 256 valence electrons.